The summed E-state index contributed by atoms with van der Waals surface area (Å²) in [6, 6.07) is 1.64. The van der Waals surface area contributed by atoms with Crippen molar-refractivity contribution in [2.24, 2.45) is 0 Å². The maximum atomic E-state index is 5.87. The number of halogens is 1. The van der Waals surface area contributed by atoms with Crippen molar-refractivity contribution in [1.82, 2.24) is 4.90 Å². The maximum Gasteiger partial charge on any atom is 0.0870 e. The lowest BCUT2D eigenvalue weighted by Gasteiger charge is -2.58. The largest absolute Gasteiger partial charge is 0.281 e. The minimum atomic E-state index is 0.378. The van der Waals surface area contributed by atoms with Crippen LogP contribution >= 0.6 is 11.6 Å². The molecule has 0 aromatic rings. The summed E-state index contributed by atoms with van der Waals surface area (Å²) >= 11 is 5.87. The molecule has 0 saturated carbocycles. The van der Waals surface area contributed by atoms with Crippen molar-refractivity contribution < 1.29 is 0 Å². The summed E-state index contributed by atoms with van der Waals surface area (Å²) in [5.41, 5.74) is 0.378. The molecule has 46 valence electrons. The topological polar surface area (TPSA) is 3.24 Å². The molecule has 2 aliphatic rings. The van der Waals surface area contributed by atoms with E-state index in [-0.39, 0.29) is 0 Å². The van der Waals surface area contributed by atoms with Crippen LogP contribution in [0.4, 0.5) is 0 Å². The number of rotatable bonds is 0. The van der Waals surface area contributed by atoms with Crippen LogP contribution in [0.3, 0.4) is 0 Å². The van der Waals surface area contributed by atoms with Crippen molar-refractivity contribution in [3.05, 3.63) is 0 Å². The Morgan fingerprint density at radius 2 is 2.25 bits per heavy atom. The average Bonchev–Trinajstić information content (AvgIpc) is 1.63. The standard InChI is InChI=1S/C6H10ClN/c1-4-2-5-3-6(7)8(4)5/h4-6H,2-3H2,1H3. The highest BCUT2D eigenvalue weighted by Gasteiger charge is 2.48. The van der Waals surface area contributed by atoms with Crippen molar-refractivity contribution in [3.63, 3.8) is 0 Å². The Kier molecular flexibility index (Phi) is 0.884. The molecule has 2 saturated heterocycles. The molecule has 8 heavy (non-hydrogen) atoms. The Morgan fingerprint density at radius 3 is 2.50 bits per heavy atom. The Morgan fingerprint density at radius 1 is 1.50 bits per heavy atom. The van der Waals surface area contributed by atoms with Gasteiger partial charge in [0.25, 0.3) is 0 Å². The molecule has 3 atom stereocenters. The monoisotopic (exact) mass is 131 g/mol. The number of alkyl halides is 1. The summed E-state index contributed by atoms with van der Waals surface area (Å²) in [6.07, 6.45) is 2.61. The predicted octanol–water partition coefficient (Wildman–Crippen LogP) is 1.42. The zero-order chi connectivity index (χ0) is 5.72. The second-order valence-corrected chi connectivity index (χ2v) is 3.36. The third kappa shape index (κ3) is 0.420. The quantitative estimate of drug-likeness (QED) is 0.355. The van der Waals surface area contributed by atoms with Gasteiger partial charge in [-0.1, -0.05) is 0 Å². The van der Waals surface area contributed by atoms with Crippen LogP contribution in [0.2, 0.25) is 0 Å². The van der Waals surface area contributed by atoms with Crippen molar-refractivity contribution in [2.75, 3.05) is 0 Å². The molecular formula is C6H10ClN. The number of fused-ring (bicyclic) bond motifs is 1. The Hall–Kier alpha value is 0.250. The summed E-state index contributed by atoms with van der Waals surface area (Å²) in [7, 11) is 0. The Labute approximate surface area is 54.6 Å². The summed E-state index contributed by atoms with van der Waals surface area (Å²) in [5, 5.41) is 0. The van der Waals surface area contributed by atoms with E-state index in [4.69, 9.17) is 11.6 Å². The van der Waals surface area contributed by atoms with Gasteiger partial charge in [0.15, 0.2) is 0 Å². The summed E-state index contributed by atoms with van der Waals surface area (Å²) in [4.78, 5) is 2.38. The minimum Gasteiger partial charge on any atom is -0.281 e. The maximum absolute atomic E-state index is 5.87. The van der Waals surface area contributed by atoms with Crippen molar-refractivity contribution in [3.8, 4) is 0 Å². The van der Waals surface area contributed by atoms with Gasteiger partial charge < -0.3 is 0 Å². The second kappa shape index (κ2) is 1.39. The third-order valence-corrected chi connectivity index (χ3v) is 2.74. The van der Waals surface area contributed by atoms with Crippen molar-refractivity contribution in [1.29, 1.82) is 0 Å². The number of hydrogen-bond acceptors (Lipinski definition) is 1. The average molecular weight is 132 g/mol. The van der Waals surface area contributed by atoms with Crippen molar-refractivity contribution in [2.45, 2.75) is 37.4 Å². The van der Waals surface area contributed by atoms with E-state index in [2.05, 4.69) is 11.8 Å². The van der Waals surface area contributed by atoms with E-state index >= 15 is 0 Å². The Balaban J connectivity index is 1.99. The lowest BCUT2D eigenvalue weighted by atomic mass is 9.84. The van der Waals surface area contributed by atoms with Gasteiger partial charge in [0, 0.05) is 12.1 Å². The molecule has 0 radical (unpaired) electrons. The summed E-state index contributed by atoms with van der Waals surface area (Å²) in [6.45, 7) is 2.24. The molecule has 0 aliphatic carbocycles. The van der Waals surface area contributed by atoms with Gasteiger partial charge >= 0.3 is 0 Å². The molecule has 0 bridgehead atoms. The molecule has 1 nitrogen and oxygen atoms in total. The molecular weight excluding hydrogens is 122 g/mol. The molecule has 2 fully saturated rings. The summed E-state index contributed by atoms with van der Waals surface area (Å²) in [5.74, 6) is 0. The highest BCUT2D eigenvalue weighted by molar-refractivity contribution is 6.21. The van der Waals surface area contributed by atoms with Crippen LogP contribution < -0.4 is 0 Å². The van der Waals surface area contributed by atoms with E-state index in [1.54, 1.807) is 0 Å². The predicted molar refractivity (Wildman–Crippen MR) is 34.0 cm³/mol. The van der Waals surface area contributed by atoms with Gasteiger partial charge in [0.1, 0.15) is 0 Å². The molecule has 3 unspecified atom stereocenters. The van der Waals surface area contributed by atoms with Crippen molar-refractivity contribution >= 4 is 11.6 Å². The van der Waals surface area contributed by atoms with Gasteiger partial charge in [0.05, 0.1) is 5.50 Å². The third-order valence-electron chi connectivity index (χ3n) is 2.33. The van der Waals surface area contributed by atoms with Gasteiger partial charge in [-0.25, -0.2) is 0 Å². The van der Waals surface area contributed by atoms with Crippen LogP contribution in [0.5, 0.6) is 0 Å². The van der Waals surface area contributed by atoms with E-state index in [1.165, 1.54) is 12.8 Å². The Bertz CT molecular complexity index is 96.3. The smallest absolute Gasteiger partial charge is 0.0870 e. The molecule has 0 amide bonds. The highest BCUT2D eigenvalue weighted by Crippen LogP contribution is 2.42. The van der Waals surface area contributed by atoms with E-state index < -0.39 is 0 Å². The fourth-order valence-corrected chi connectivity index (χ4v) is 2.35. The first-order valence-electron chi connectivity index (χ1n) is 3.20. The van der Waals surface area contributed by atoms with Crippen LogP contribution in [0.15, 0.2) is 0 Å². The van der Waals surface area contributed by atoms with E-state index in [1.807, 2.05) is 0 Å². The highest BCUT2D eigenvalue weighted by atomic mass is 35.5. The fourth-order valence-electron chi connectivity index (χ4n) is 1.79. The molecule has 0 spiro atoms. The van der Waals surface area contributed by atoms with Crippen LogP contribution in [0.1, 0.15) is 19.8 Å². The van der Waals surface area contributed by atoms with Crippen LogP contribution in [0.25, 0.3) is 0 Å². The van der Waals surface area contributed by atoms with E-state index in [0.29, 0.717) is 5.50 Å². The number of piperidine rings is 1. The van der Waals surface area contributed by atoms with E-state index in [0.717, 1.165) is 12.1 Å². The molecule has 2 rings (SSSR count). The molecule has 2 heterocycles. The molecule has 2 aliphatic heterocycles. The second-order valence-electron chi connectivity index (χ2n) is 2.86. The SMILES string of the molecule is CC1CC2CC(Cl)N12. The molecule has 0 aromatic carbocycles. The van der Waals surface area contributed by atoms with Crippen LogP contribution in [-0.2, 0) is 0 Å². The van der Waals surface area contributed by atoms with E-state index in [9.17, 15) is 0 Å². The molecule has 2 heteroatoms. The van der Waals surface area contributed by atoms with Gasteiger partial charge in [-0.05, 0) is 19.8 Å². The zero-order valence-electron chi connectivity index (χ0n) is 4.97. The number of hydrogen-bond donors (Lipinski definition) is 0. The lowest BCUT2D eigenvalue weighted by Crippen LogP contribution is -2.66. The number of nitrogens with zero attached hydrogens (tertiary/aromatic N) is 1. The fraction of sp³-hybridized carbons (Fsp3) is 1.00. The molecule has 0 N–H and O–H groups in total. The van der Waals surface area contributed by atoms with Crippen LogP contribution in [-0.4, -0.2) is 22.5 Å². The zero-order valence-corrected chi connectivity index (χ0v) is 5.73. The molecule has 0 aromatic heterocycles. The first kappa shape index (κ1) is 5.07. The van der Waals surface area contributed by atoms with Gasteiger partial charge in [-0.3, -0.25) is 4.90 Å². The summed E-state index contributed by atoms with van der Waals surface area (Å²) < 4.78 is 0. The lowest BCUT2D eigenvalue weighted by molar-refractivity contribution is -0.0760. The first-order valence-corrected chi connectivity index (χ1v) is 3.64. The first-order chi connectivity index (χ1) is 3.79. The van der Waals surface area contributed by atoms with Gasteiger partial charge in [-0.15, -0.1) is 11.6 Å². The van der Waals surface area contributed by atoms with Crippen LogP contribution in [0, 0.1) is 0 Å². The van der Waals surface area contributed by atoms with Gasteiger partial charge in [0.2, 0.25) is 0 Å². The van der Waals surface area contributed by atoms with Gasteiger partial charge in [-0.2, -0.15) is 0 Å². The minimum absolute atomic E-state index is 0.378. The normalized spacial score (nSPS) is 54.0.